The van der Waals surface area contributed by atoms with Gasteiger partial charge >= 0.3 is 12.1 Å². The summed E-state index contributed by atoms with van der Waals surface area (Å²) in [5.74, 6) is -2.23. The number of hydrogen-bond donors (Lipinski definition) is 4. The van der Waals surface area contributed by atoms with Crippen molar-refractivity contribution in [1.29, 1.82) is 0 Å². The molecule has 2 aliphatic heterocycles. The summed E-state index contributed by atoms with van der Waals surface area (Å²) in [5.41, 5.74) is -1.56. The van der Waals surface area contributed by atoms with E-state index in [1.807, 2.05) is 0 Å². The van der Waals surface area contributed by atoms with Crippen molar-refractivity contribution in [2.24, 2.45) is 0 Å². The van der Waals surface area contributed by atoms with Gasteiger partial charge in [-0.3, -0.25) is 18.7 Å². The van der Waals surface area contributed by atoms with E-state index in [1.165, 1.54) is 52.1 Å². The Hall–Kier alpha value is -2.99. The number of alkyl carbamates (subject to hydrolysis) is 1. The van der Waals surface area contributed by atoms with Crippen LogP contribution in [0, 0.1) is 6.92 Å². The first-order valence-electron chi connectivity index (χ1n) is 12.9. The molecule has 0 aliphatic carbocycles. The van der Waals surface area contributed by atoms with Gasteiger partial charge in [-0.1, -0.05) is 41.3 Å². The summed E-state index contributed by atoms with van der Waals surface area (Å²) in [4.78, 5) is 52.7. The van der Waals surface area contributed by atoms with Gasteiger partial charge < -0.3 is 25.6 Å². The molecule has 0 bridgehead atoms. The van der Waals surface area contributed by atoms with Gasteiger partial charge in [0.15, 0.2) is 9.78 Å². The number of aliphatic hydroxyl groups is 1. The lowest BCUT2D eigenvalue weighted by Crippen LogP contribution is -2.58. The molecule has 5 atom stereocenters. The molecule has 0 spiro atoms. The van der Waals surface area contributed by atoms with E-state index in [1.54, 1.807) is 45.9 Å². The minimum atomic E-state index is -1.62. The van der Waals surface area contributed by atoms with Crippen molar-refractivity contribution in [3.05, 3.63) is 51.7 Å². The number of aliphatic carboxylic acids is 1. The van der Waals surface area contributed by atoms with E-state index in [-0.39, 0.29) is 40.5 Å². The molecule has 3 heterocycles. The first-order valence-corrected chi connectivity index (χ1v) is 17.3. The molecule has 3 amide bonds. The van der Waals surface area contributed by atoms with Crippen molar-refractivity contribution in [2.75, 3.05) is 12.0 Å². The quantitative estimate of drug-likeness (QED) is 0.214. The van der Waals surface area contributed by atoms with E-state index < -0.39 is 56.6 Å². The number of aliphatic hydroxyl groups excluding tert-OH is 1. The summed E-state index contributed by atoms with van der Waals surface area (Å²) in [6.45, 7) is 6.79. The SMILES string of the molecule is Cc1nnc(SCC2=C(C(=O)O)N3C(=O)CC3SC2NC(=O)C(NC(=O)OC(C)(C)C)c2cccc(C(O)S(C)=O)c2)s1. The summed E-state index contributed by atoms with van der Waals surface area (Å²) >= 11 is 3.78. The molecule has 5 unspecified atom stereocenters. The number of carboxylic acids is 1. The van der Waals surface area contributed by atoms with Gasteiger partial charge in [0.2, 0.25) is 11.8 Å². The minimum absolute atomic E-state index is 0.0961. The summed E-state index contributed by atoms with van der Waals surface area (Å²) in [5, 5.41) is 33.3. The van der Waals surface area contributed by atoms with Crippen molar-refractivity contribution >= 4 is 69.5 Å². The molecule has 2 aromatic rings. The average molecular weight is 670 g/mol. The Labute approximate surface area is 262 Å². The predicted molar refractivity (Wildman–Crippen MR) is 162 cm³/mol. The fourth-order valence-corrected chi connectivity index (χ4v) is 8.23. The Morgan fingerprint density at radius 3 is 2.53 bits per heavy atom. The molecule has 43 heavy (non-hydrogen) atoms. The highest BCUT2D eigenvalue weighted by molar-refractivity contribution is 8.02. The highest BCUT2D eigenvalue weighted by Crippen LogP contribution is 2.44. The zero-order chi connectivity index (χ0) is 31.6. The second-order valence-electron chi connectivity index (χ2n) is 10.6. The highest BCUT2D eigenvalue weighted by atomic mass is 32.2. The Kier molecular flexibility index (Phi) is 10.2. The van der Waals surface area contributed by atoms with Crippen molar-refractivity contribution in [3.8, 4) is 0 Å². The zero-order valence-corrected chi connectivity index (χ0v) is 27.1. The molecule has 232 valence electrons. The molecule has 1 aromatic heterocycles. The molecule has 0 radical (unpaired) electrons. The molecule has 17 heteroatoms. The van der Waals surface area contributed by atoms with Crippen molar-refractivity contribution in [1.82, 2.24) is 25.7 Å². The van der Waals surface area contributed by atoms with Crippen LogP contribution in [0.5, 0.6) is 0 Å². The van der Waals surface area contributed by atoms with Crippen molar-refractivity contribution < 1.29 is 38.3 Å². The third kappa shape index (κ3) is 7.94. The van der Waals surface area contributed by atoms with E-state index in [2.05, 4.69) is 20.8 Å². The first kappa shape index (κ1) is 32.9. The Bertz CT molecular complexity index is 1490. The third-order valence-electron chi connectivity index (χ3n) is 6.16. The van der Waals surface area contributed by atoms with E-state index in [9.17, 15) is 33.6 Å². The number of carbonyl (C=O) groups excluding carboxylic acids is 3. The van der Waals surface area contributed by atoms with Crippen LogP contribution < -0.4 is 10.6 Å². The van der Waals surface area contributed by atoms with Gasteiger partial charge in [-0.15, -0.1) is 22.0 Å². The van der Waals surface area contributed by atoms with Gasteiger partial charge in [0.25, 0.3) is 0 Å². The van der Waals surface area contributed by atoms with Crippen LogP contribution in [0.1, 0.15) is 54.8 Å². The first-order chi connectivity index (χ1) is 20.1. The van der Waals surface area contributed by atoms with E-state index in [0.29, 0.717) is 4.34 Å². The molecule has 1 fully saturated rings. The average Bonchev–Trinajstić information content (AvgIpc) is 3.33. The number of aryl methyl sites for hydroxylation is 1. The van der Waals surface area contributed by atoms with Crippen LogP contribution in [0.2, 0.25) is 0 Å². The van der Waals surface area contributed by atoms with Crippen LogP contribution in [0.3, 0.4) is 0 Å². The number of carbonyl (C=O) groups is 4. The molecule has 13 nitrogen and oxygen atoms in total. The van der Waals surface area contributed by atoms with Crippen molar-refractivity contribution in [3.63, 3.8) is 0 Å². The van der Waals surface area contributed by atoms with Gasteiger partial charge in [0.1, 0.15) is 27.7 Å². The monoisotopic (exact) mass is 669 g/mol. The number of benzene rings is 1. The van der Waals surface area contributed by atoms with Crippen LogP contribution in [0.15, 0.2) is 39.9 Å². The predicted octanol–water partition coefficient (Wildman–Crippen LogP) is 2.66. The number of thioether (sulfide) groups is 2. The second-order valence-corrected chi connectivity index (χ2v) is 15.7. The molecular formula is C26H31N5O8S4. The van der Waals surface area contributed by atoms with E-state index >= 15 is 0 Å². The number of hydrogen-bond acceptors (Lipinski definition) is 12. The molecule has 0 saturated carbocycles. The number of ether oxygens (including phenoxy) is 1. The normalized spacial score (nSPS) is 20.4. The molecular weight excluding hydrogens is 639 g/mol. The molecule has 4 N–H and O–H groups in total. The Morgan fingerprint density at radius 2 is 1.95 bits per heavy atom. The maximum Gasteiger partial charge on any atom is 0.408 e. The largest absolute Gasteiger partial charge is 0.477 e. The van der Waals surface area contributed by atoms with Crippen LogP contribution in [-0.2, 0) is 29.9 Å². The zero-order valence-electron chi connectivity index (χ0n) is 23.9. The van der Waals surface area contributed by atoms with Crippen molar-refractivity contribution in [2.45, 2.75) is 66.3 Å². The smallest absolute Gasteiger partial charge is 0.408 e. The molecule has 1 aromatic carbocycles. The summed E-state index contributed by atoms with van der Waals surface area (Å²) < 4.78 is 17.9. The van der Waals surface area contributed by atoms with Crippen LogP contribution in [0.4, 0.5) is 4.79 Å². The lowest BCUT2D eigenvalue weighted by molar-refractivity contribution is -0.146. The minimum Gasteiger partial charge on any atom is -0.477 e. The fraction of sp³-hybridized carbons (Fsp3) is 0.462. The fourth-order valence-electron chi connectivity index (χ4n) is 4.29. The number of aromatic nitrogens is 2. The van der Waals surface area contributed by atoms with Gasteiger partial charge in [-0.05, 0) is 44.9 Å². The maximum absolute atomic E-state index is 13.9. The van der Waals surface area contributed by atoms with Gasteiger partial charge in [-0.25, -0.2) is 9.59 Å². The lowest BCUT2D eigenvalue weighted by Gasteiger charge is -2.46. The molecule has 2 aliphatic rings. The van der Waals surface area contributed by atoms with Gasteiger partial charge in [0, 0.05) is 17.6 Å². The number of nitrogens with one attached hydrogen (secondary N) is 2. The Balaban J connectivity index is 1.68. The maximum atomic E-state index is 13.9. The number of fused-ring (bicyclic) bond motifs is 1. The molecule has 1 saturated heterocycles. The number of rotatable bonds is 10. The summed E-state index contributed by atoms with van der Waals surface area (Å²) in [6.07, 6.45) is 0.566. The van der Waals surface area contributed by atoms with Crippen LogP contribution >= 0.6 is 34.9 Å². The second kappa shape index (κ2) is 13.3. The highest BCUT2D eigenvalue weighted by Gasteiger charge is 2.49. The number of nitrogens with zero attached hydrogens (tertiary/aromatic N) is 3. The number of amides is 3. The van der Waals surface area contributed by atoms with Crippen LogP contribution in [-0.4, -0.2) is 81.8 Å². The summed E-state index contributed by atoms with van der Waals surface area (Å²) in [7, 11) is -1.62. The van der Waals surface area contributed by atoms with Crippen LogP contribution in [0.25, 0.3) is 0 Å². The standard InChI is InChI=1S/C26H31N5O8S4/c1-12-29-30-25(41-12)40-11-15-19(22(34)35)31-16(32)10-17(31)42-21(15)28-20(33)18(27-24(37)39-26(2,3)4)13-7-6-8-14(9-13)23(36)43(5)38/h6-9,17-18,21,23,36H,10-11H2,1-5H3,(H,27,37)(H,28,33)(H,34,35). The Morgan fingerprint density at radius 1 is 1.26 bits per heavy atom. The number of β-lactam (4-membered cyclic amide) rings is 1. The number of carboxylic acid groups (broad SMARTS) is 1. The van der Waals surface area contributed by atoms with E-state index in [4.69, 9.17) is 4.74 Å². The van der Waals surface area contributed by atoms with Gasteiger partial charge in [0.05, 0.1) is 22.6 Å². The third-order valence-corrected chi connectivity index (χ3v) is 10.5. The van der Waals surface area contributed by atoms with E-state index in [0.717, 1.165) is 5.01 Å². The summed E-state index contributed by atoms with van der Waals surface area (Å²) in [6, 6.07) is 4.79. The molecule has 4 rings (SSSR count). The topological polar surface area (TPSA) is 188 Å². The lowest BCUT2D eigenvalue weighted by atomic mass is 10.0. The van der Waals surface area contributed by atoms with Gasteiger partial charge in [-0.2, -0.15) is 0 Å².